The van der Waals surface area contributed by atoms with Crippen molar-refractivity contribution in [2.45, 2.75) is 51.7 Å². The number of hydrogen-bond acceptors (Lipinski definition) is 8. The highest BCUT2D eigenvalue weighted by molar-refractivity contribution is 7.15. The number of hydrogen-bond donors (Lipinski definition) is 2. The van der Waals surface area contributed by atoms with E-state index in [0.29, 0.717) is 39.2 Å². The smallest absolute Gasteiger partial charge is 0.333 e. The highest BCUT2D eigenvalue weighted by Gasteiger charge is 2.32. The molecule has 0 bridgehead atoms. The molecule has 1 aliphatic heterocycles. The second kappa shape index (κ2) is 8.36. The Bertz CT molecular complexity index is 1030. The third-order valence-electron chi connectivity index (χ3n) is 4.89. The highest BCUT2D eigenvalue weighted by atomic mass is 32.1. The molecule has 30 heavy (non-hydrogen) atoms. The Morgan fingerprint density at radius 3 is 2.90 bits per heavy atom. The number of nitrogens with one attached hydrogen (secondary N) is 1. The van der Waals surface area contributed by atoms with Crippen molar-refractivity contribution in [2.75, 3.05) is 11.9 Å². The molecule has 4 heterocycles. The van der Waals surface area contributed by atoms with Gasteiger partial charge in [0.1, 0.15) is 17.8 Å². The molecule has 0 saturated carbocycles. The van der Waals surface area contributed by atoms with Crippen molar-refractivity contribution in [3.63, 3.8) is 0 Å². The van der Waals surface area contributed by atoms with E-state index in [0.717, 1.165) is 6.42 Å². The fourth-order valence-electron chi connectivity index (χ4n) is 3.52. The van der Waals surface area contributed by atoms with E-state index in [1.165, 1.54) is 30.5 Å². The third kappa shape index (κ3) is 4.35. The molecule has 0 aliphatic carbocycles. The number of alkyl halides is 2. The minimum atomic E-state index is -2.73. The van der Waals surface area contributed by atoms with Crippen molar-refractivity contribution >= 4 is 27.5 Å². The predicted octanol–water partition coefficient (Wildman–Crippen LogP) is 3.21. The Balaban J connectivity index is 1.41. The number of anilines is 1. The van der Waals surface area contributed by atoms with Gasteiger partial charge < -0.3 is 15.2 Å². The van der Waals surface area contributed by atoms with E-state index in [9.17, 15) is 18.3 Å². The number of aliphatic hydroxyl groups is 1. The molecule has 2 N–H and O–H groups in total. The van der Waals surface area contributed by atoms with Crippen molar-refractivity contribution in [1.29, 1.82) is 0 Å². The maximum atomic E-state index is 14.1. The predicted molar refractivity (Wildman–Crippen MR) is 105 cm³/mol. The van der Waals surface area contributed by atoms with Gasteiger partial charge in [-0.3, -0.25) is 4.90 Å². The molecule has 12 heteroatoms. The number of pyridine rings is 1. The summed E-state index contributed by atoms with van der Waals surface area (Å²) >= 11 is 1.17. The van der Waals surface area contributed by atoms with Crippen molar-refractivity contribution < 1.29 is 23.0 Å². The maximum absolute atomic E-state index is 14.1. The van der Waals surface area contributed by atoms with Crippen molar-refractivity contribution in [2.24, 2.45) is 0 Å². The van der Waals surface area contributed by atoms with Crippen LogP contribution in [0.1, 0.15) is 31.7 Å². The standard InChI is InChI=1S/C18H21F3N6O2S/c1-9-5-11(7-26(9)8-14-16(19)25-18(30-14)23-10(2)28)29-15-4-3-13-12(24-15)6-22-27(13)17(20)21/h3-4,6,9-11,17,28H,5,7-8H2,1-2H3,(H,23,25)/t9-,10?,11+/m0/s1. The fraction of sp³-hybridized carbons (Fsp3) is 0.500. The van der Waals surface area contributed by atoms with Crippen LogP contribution in [0.15, 0.2) is 18.3 Å². The van der Waals surface area contributed by atoms with Crippen LogP contribution in [0.25, 0.3) is 11.0 Å². The van der Waals surface area contributed by atoms with Gasteiger partial charge in [-0.05, 0) is 19.9 Å². The van der Waals surface area contributed by atoms with E-state index < -0.39 is 18.7 Å². The maximum Gasteiger partial charge on any atom is 0.333 e. The quantitative estimate of drug-likeness (QED) is 0.543. The molecule has 162 valence electrons. The van der Waals surface area contributed by atoms with Crippen LogP contribution in [-0.2, 0) is 6.54 Å². The van der Waals surface area contributed by atoms with Crippen LogP contribution in [0.2, 0.25) is 0 Å². The summed E-state index contributed by atoms with van der Waals surface area (Å²) < 4.78 is 46.5. The molecular weight excluding hydrogens is 421 g/mol. The fourth-order valence-corrected chi connectivity index (χ4v) is 4.46. The first-order valence-electron chi connectivity index (χ1n) is 9.43. The first-order chi connectivity index (χ1) is 14.3. The summed E-state index contributed by atoms with van der Waals surface area (Å²) in [6.45, 7) is 1.77. The van der Waals surface area contributed by atoms with Gasteiger partial charge in [-0.25, -0.2) is 9.67 Å². The van der Waals surface area contributed by atoms with Crippen LogP contribution in [-0.4, -0.2) is 54.7 Å². The lowest BCUT2D eigenvalue weighted by Crippen LogP contribution is -2.28. The van der Waals surface area contributed by atoms with Crippen molar-refractivity contribution in [1.82, 2.24) is 24.6 Å². The molecule has 0 aromatic carbocycles. The average molecular weight is 442 g/mol. The highest BCUT2D eigenvalue weighted by Crippen LogP contribution is 2.29. The largest absolute Gasteiger partial charge is 0.473 e. The molecule has 8 nitrogen and oxygen atoms in total. The Morgan fingerprint density at radius 2 is 2.17 bits per heavy atom. The van der Waals surface area contributed by atoms with Crippen LogP contribution in [0.5, 0.6) is 5.88 Å². The summed E-state index contributed by atoms with van der Waals surface area (Å²) in [5.74, 6) is -0.217. The molecule has 1 fully saturated rings. The summed E-state index contributed by atoms with van der Waals surface area (Å²) in [5.41, 5.74) is 0.571. The van der Waals surface area contributed by atoms with Gasteiger partial charge in [0.05, 0.1) is 16.6 Å². The number of aromatic nitrogens is 4. The monoisotopic (exact) mass is 442 g/mol. The Kier molecular flexibility index (Phi) is 5.80. The van der Waals surface area contributed by atoms with E-state index >= 15 is 0 Å². The minimum Gasteiger partial charge on any atom is -0.473 e. The van der Waals surface area contributed by atoms with E-state index in [2.05, 4.69) is 25.3 Å². The van der Waals surface area contributed by atoms with Crippen molar-refractivity contribution in [3.05, 3.63) is 29.2 Å². The molecule has 0 radical (unpaired) electrons. The van der Waals surface area contributed by atoms with Crippen LogP contribution >= 0.6 is 11.3 Å². The molecule has 0 spiro atoms. The normalized spacial score (nSPS) is 20.9. The Morgan fingerprint density at radius 1 is 1.37 bits per heavy atom. The summed E-state index contributed by atoms with van der Waals surface area (Å²) in [4.78, 5) is 10.6. The van der Waals surface area contributed by atoms with E-state index in [-0.39, 0.29) is 17.7 Å². The lowest BCUT2D eigenvalue weighted by molar-refractivity contribution is 0.0615. The zero-order valence-corrected chi connectivity index (χ0v) is 17.1. The number of thiazole rings is 1. The zero-order valence-electron chi connectivity index (χ0n) is 16.3. The minimum absolute atomic E-state index is 0.148. The van der Waals surface area contributed by atoms with Gasteiger partial charge in [0.15, 0.2) is 5.13 Å². The molecule has 1 unspecified atom stereocenters. The van der Waals surface area contributed by atoms with Crippen LogP contribution < -0.4 is 10.1 Å². The third-order valence-corrected chi connectivity index (χ3v) is 5.84. The van der Waals surface area contributed by atoms with Gasteiger partial charge in [0.2, 0.25) is 11.8 Å². The Labute approximate surface area is 174 Å². The van der Waals surface area contributed by atoms with Crippen LogP contribution in [0.4, 0.5) is 18.3 Å². The van der Waals surface area contributed by atoms with Gasteiger partial charge in [0.25, 0.3) is 0 Å². The molecule has 3 aromatic heterocycles. The molecule has 3 aromatic rings. The lowest BCUT2D eigenvalue weighted by atomic mass is 10.2. The van der Waals surface area contributed by atoms with Gasteiger partial charge in [-0.15, -0.1) is 0 Å². The number of ether oxygens (including phenoxy) is 1. The number of rotatable bonds is 7. The van der Waals surface area contributed by atoms with E-state index in [1.807, 2.05) is 6.92 Å². The van der Waals surface area contributed by atoms with E-state index in [4.69, 9.17) is 4.74 Å². The Hall–Kier alpha value is -2.44. The van der Waals surface area contributed by atoms with E-state index in [1.54, 1.807) is 6.07 Å². The molecule has 1 saturated heterocycles. The number of nitrogens with zero attached hydrogens (tertiary/aromatic N) is 5. The summed E-state index contributed by atoms with van der Waals surface area (Å²) in [6.07, 6.45) is 1.02. The summed E-state index contributed by atoms with van der Waals surface area (Å²) in [7, 11) is 0. The van der Waals surface area contributed by atoms with Crippen molar-refractivity contribution in [3.8, 4) is 5.88 Å². The first-order valence-corrected chi connectivity index (χ1v) is 10.2. The average Bonchev–Trinajstić information content (AvgIpc) is 3.32. The second-order valence-corrected chi connectivity index (χ2v) is 8.31. The summed E-state index contributed by atoms with van der Waals surface area (Å²) in [6, 6.07) is 3.21. The molecule has 3 atom stereocenters. The molecular formula is C18H21F3N6O2S. The van der Waals surface area contributed by atoms with Crippen LogP contribution in [0.3, 0.4) is 0 Å². The number of aliphatic hydroxyl groups excluding tert-OH is 1. The van der Waals surface area contributed by atoms with Gasteiger partial charge in [-0.2, -0.15) is 23.3 Å². The second-order valence-electron chi connectivity index (χ2n) is 7.23. The zero-order chi connectivity index (χ0) is 21.4. The first kappa shape index (κ1) is 20.8. The topological polar surface area (TPSA) is 88.3 Å². The van der Waals surface area contributed by atoms with Crippen LogP contribution in [0, 0.1) is 5.95 Å². The molecule has 1 aliphatic rings. The lowest BCUT2D eigenvalue weighted by Gasteiger charge is -2.19. The number of fused-ring (bicyclic) bond motifs is 1. The SMILES string of the molecule is CC(O)Nc1nc(F)c(CN2C[C@H](Oc3ccc4c(cnn4C(F)F)n3)C[C@@H]2C)s1. The van der Waals surface area contributed by atoms with Gasteiger partial charge in [-0.1, -0.05) is 11.3 Å². The number of likely N-dealkylation sites (tertiary alicyclic amines) is 1. The van der Waals surface area contributed by atoms with Gasteiger partial charge >= 0.3 is 6.55 Å². The van der Waals surface area contributed by atoms with Gasteiger partial charge in [0, 0.05) is 31.6 Å². The summed E-state index contributed by atoms with van der Waals surface area (Å²) in [5, 5.41) is 16.0. The number of halogens is 3. The molecule has 4 rings (SSSR count). The molecule has 0 amide bonds.